The summed E-state index contributed by atoms with van der Waals surface area (Å²) in [6, 6.07) is 10.0. The van der Waals surface area contributed by atoms with Crippen LogP contribution in [0.5, 0.6) is 0 Å². The molecular formula is C38H54O4. The number of hydrogen-bond acceptors (Lipinski definition) is 4. The average molecular weight is 575 g/mol. The van der Waals surface area contributed by atoms with Crippen molar-refractivity contribution >= 4 is 23.1 Å². The molecule has 0 N–H and O–H groups in total. The predicted molar refractivity (Wildman–Crippen MR) is 175 cm³/mol. The van der Waals surface area contributed by atoms with Gasteiger partial charge in [0.15, 0.2) is 11.6 Å². The lowest BCUT2D eigenvalue weighted by Gasteiger charge is -2.33. The largest absolute Gasteiger partial charge is 0.300 e. The van der Waals surface area contributed by atoms with Crippen molar-refractivity contribution in [3.63, 3.8) is 0 Å². The van der Waals surface area contributed by atoms with E-state index in [9.17, 15) is 19.2 Å². The summed E-state index contributed by atoms with van der Waals surface area (Å²) >= 11 is 0. The van der Waals surface area contributed by atoms with E-state index < -0.39 is 0 Å². The summed E-state index contributed by atoms with van der Waals surface area (Å²) in [5, 5.41) is 0. The quantitative estimate of drug-likeness (QED) is 0.176. The Bertz CT molecular complexity index is 1230. The molecule has 42 heavy (non-hydrogen) atoms. The Morgan fingerprint density at radius 1 is 0.952 bits per heavy atom. The lowest BCUT2D eigenvalue weighted by molar-refractivity contribution is -0.129. The van der Waals surface area contributed by atoms with E-state index in [0.29, 0.717) is 18.4 Å². The first-order chi connectivity index (χ1) is 19.9. The van der Waals surface area contributed by atoms with Gasteiger partial charge in [0.05, 0.1) is 6.42 Å². The van der Waals surface area contributed by atoms with E-state index >= 15 is 0 Å². The first-order valence-corrected chi connectivity index (χ1v) is 16.3. The molecule has 0 saturated carbocycles. The van der Waals surface area contributed by atoms with Gasteiger partial charge in [0.25, 0.3) is 0 Å². The first-order valence-electron chi connectivity index (χ1n) is 16.3. The highest BCUT2D eigenvalue weighted by Gasteiger charge is 2.34. The molecule has 0 aliphatic heterocycles. The van der Waals surface area contributed by atoms with E-state index in [1.165, 1.54) is 24.5 Å². The molecule has 4 heteroatoms. The second kappa shape index (κ2) is 16.7. The van der Waals surface area contributed by atoms with Gasteiger partial charge in [0.2, 0.25) is 0 Å². The van der Waals surface area contributed by atoms with Crippen LogP contribution in [0.2, 0.25) is 0 Å². The second-order valence-corrected chi connectivity index (χ2v) is 12.5. The summed E-state index contributed by atoms with van der Waals surface area (Å²) in [4.78, 5) is 50.5. The predicted octanol–water partition coefficient (Wildman–Crippen LogP) is 9.92. The molecule has 3 unspecified atom stereocenters. The van der Waals surface area contributed by atoms with Crippen LogP contribution in [0.15, 0.2) is 30.3 Å². The summed E-state index contributed by atoms with van der Waals surface area (Å²) in [5.41, 5.74) is 7.07. The van der Waals surface area contributed by atoms with Crippen LogP contribution < -0.4 is 0 Å². The third kappa shape index (κ3) is 8.82. The average Bonchev–Trinajstić information content (AvgIpc) is 2.93. The molecule has 0 heterocycles. The molecule has 0 spiro atoms. The highest BCUT2D eigenvalue weighted by atomic mass is 16.1. The fraction of sp³-hybridized carbons (Fsp3) is 0.579. The molecule has 0 fully saturated rings. The van der Waals surface area contributed by atoms with Crippen LogP contribution in [0.4, 0.5) is 0 Å². The second-order valence-electron chi connectivity index (χ2n) is 12.5. The topological polar surface area (TPSA) is 68.3 Å². The minimum absolute atomic E-state index is 0.0121. The van der Waals surface area contributed by atoms with Crippen molar-refractivity contribution in [2.24, 2.45) is 17.8 Å². The van der Waals surface area contributed by atoms with Crippen molar-refractivity contribution in [3.05, 3.63) is 58.1 Å². The Kier molecular flexibility index (Phi) is 14.0. The van der Waals surface area contributed by atoms with Crippen molar-refractivity contribution < 1.29 is 19.2 Å². The van der Waals surface area contributed by atoms with E-state index in [0.717, 1.165) is 54.4 Å². The number of fused-ring (bicyclic) bond motifs is 1. The highest BCUT2D eigenvalue weighted by Crippen LogP contribution is 2.42. The molecule has 0 bridgehead atoms. The molecule has 0 aromatic heterocycles. The molecule has 2 aromatic carbocycles. The van der Waals surface area contributed by atoms with Gasteiger partial charge in [0.1, 0.15) is 11.6 Å². The number of carbonyl (C=O) groups is 4. The number of Topliss-reactive ketones (excluding diaryl/α,β-unsaturated/α-hetero) is 4. The molecule has 2 aromatic rings. The van der Waals surface area contributed by atoms with Gasteiger partial charge in [0, 0.05) is 29.9 Å². The van der Waals surface area contributed by atoms with Crippen LogP contribution in [0.1, 0.15) is 150 Å². The zero-order chi connectivity index (χ0) is 31.6. The number of ketones is 4. The van der Waals surface area contributed by atoms with E-state index in [-0.39, 0.29) is 53.2 Å². The fourth-order valence-corrected chi connectivity index (χ4v) is 6.68. The molecular weight excluding hydrogens is 520 g/mol. The molecule has 1 aliphatic rings. The van der Waals surface area contributed by atoms with Crippen LogP contribution in [-0.4, -0.2) is 23.1 Å². The van der Waals surface area contributed by atoms with Crippen LogP contribution in [0.25, 0.3) is 11.1 Å². The number of carbonyl (C=O) groups excluding carboxylic acids is 4. The van der Waals surface area contributed by atoms with Gasteiger partial charge in [-0.05, 0) is 78.7 Å². The number of rotatable bonds is 13. The molecule has 4 nitrogen and oxygen atoms in total. The van der Waals surface area contributed by atoms with Gasteiger partial charge in [-0.3, -0.25) is 19.2 Å². The van der Waals surface area contributed by atoms with Crippen molar-refractivity contribution in [1.82, 2.24) is 0 Å². The summed E-state index contributed by atoms with van der Waals surface area (Å²) in [6.45, 7) is 18.2. The summed E-state index contributed by atoms with van der Waals surface area (Å²) in [5.74, 6) is 0.831. The monoisotopic (exact) mass is 574 g/mol. The Hall–Kier alpha value is -2.88. The third-order valence-corrected chi connectivity index (χ3v) is 8.58. The van der Waals surface area contributed by atoms with Crippen molar-refractivity contribution in [3.8, 4) is 11.1 Å². The van der Waals surface area contributed by atoms with Crippen LogP contribution in [-0.2, 0) is 16.0 Å². The van der Waals surface area contributed by atoms with Crippen LogP contribution in [0, 0.1) is 24.7 Å². The van der Waals surface area contributed by atoms with E-state index in [2.05, 4.69) is 47.6 Å². The smallest absolute Gasteiger partial charge is 0.163 e. The minimum atomic E-state index is -0.124. The Morgan fingerprint density at radius 3 is 2.07 bits per heavy atom. The molecule has 230 valence electrons. The first kappa shape index (κ1) is 35.3. The Balaban J connectivity index is 0.00000197. The third-order valence-electron chi connectivity index (χ3n) is 8.58. The van der Waals surface area contributed by atoms with Gasteiger partial charge in [-0.15, -0.1) is 0 Å². The van der Waals surface area contributed by atoms with Gasteiger partial charge in [-0.25, -0.2) is 0 Å². The lowest BCUT2D eigenvalue weighted by atomic mass is 9.70. The van der Waals surface area contributed by atoms with Crippen LogP contribution in [0.3, 0.4) is 0 Å². The zero-order valence-corrected chi connectivity index (χ0v) is 27.7. The molecule has 3 rings (SSSR count). The summed E-state index contributed by atoms with van der Waals surface area (Å²) in [6.07, 6.45) is 6.57. The summed E-state index contributed by atoms with van der Waals surface area (Å²) < 4.78 is 0. The van der Waals surface area contributed by atoms with Gasteiger partial charge in [-0.1, -0.05) is 98.1 Å². The highest BCUT2D eigenvalue weighted by molar-refractivity contribution is 6.02. The number of benzene rings is 2. The maximum absolute atomic E-state index is 13.8. The van der Waals surface area contributed by atoms with Gasteiger partial charge < -0.3 is 0 Å². The molecule has 0 amide bonds. The van der Waals surface area contributed by atoms with Crippen molar-refractivity contribution in [1.29, 1.82) is 0 Å². The summed E-state index contributed by atoms with van der Waals surface area (Å²) in [7, 11) is 0. The zero-order valence-electron chi connectivity index (χ0n) is 27.7. The van der Waals surface area contributed by atoms with Crippen molar-refractivity contribution in [2.75, 3.05) is 0 Å². The lowest BCUT2D eigenvalue weighted by Crippen LogP contribution is -2.30. The molecule has 0 saturated heterocycles. The van der Waals surface area contributed by atoms with E-state index in [4.69, 9.17) is 0 Å². The van der Waals surface area contributed by atoms with Gasteiger partial charge in [-0.2, -0.15) is 0 Å². The standard InChI is InChI=1S/C35H46O4.C3H8/c1-8-11-27(28(9-2)33(38)16-22(6)36)17-24-18-31-29(21(4)5)20-30(23(7)35(31)34(39)19-24)25-12-14-26(15-13-25)32(37)10-3;1-3-2/h12-15,20-21,24,27-28H,8-11,16-19H2,1-7H3;3H2,1-2H3. The van der Waals surface area contributed by atoms with Crippen molar-refractivity contribution in [2.45, 2.75) is 126 Å². The molecule has 1 aliphatic carbocycles. The minimum Gasteiger partial charge on any atom is -0.300 e. The number of hydrogen-bond donors (Lipinski definition) is 0. The normalized spacial score (nSPS) is 15.9. The van der Waals surface area contributed by atoms with Gasteiger partial charge >= 0.3 is 0 Å². The maximum atomic E-state index is 13.8. The maximum Gasteiger partial charge on any atom is 0.163 e. The van der Waals surface area contributed by atoms with E-state index in [1.807, 2.05) is 38.1 Å². The fourth-order valence-electron chi connectivity index (χ4n) is 6.68. The SMILES string of the molecule is CCC.CCCC(CC1CC(=O)c2c(C)c(-c3ccc(C(=O)CC)cc3)cc(C(C)C)c2C1)C(CC)C(=O)CC(C)=O. The van der Waals surface area contributed by atoms with E-state index in [1.54, 1.807) is 0 Å². The van der Waals surface area contributed by atoms with Crippen LogP contribution >= 0.6 is 0 Å². The molecule has 3 atom stereocenters. The Labute approximate surface area is 255 Å². The molecule has 0 radical (unpaired) electrons. The Morgan fingerprint density at radius 2 is 1.57 bits per heavy atom.